The molecule has 0 saturated heterocycles. The van der Waals surface area contributed by atoms with Gasteiger partial charge in [-0.1, -0.05) is 6.08 Å². The molecule has 0 spiro atoms. The summed E-state index contributed by atoms with van der Waals surface area (Å²) < 4.78 is 36.3. The van der Waals surface area contributed by atoms with Gasteiger partial charge in [-0.25, -0.2) is 0 Å². The van der Waals surface area contributed by atoms with Crippen molar-refractivity contribution in [2.45, 2.75) is 19.5 Å². The predicted octanol–water partition coefficient (Wildman–Crippen LogP) is 1.61. The van der Waals surface area contributed by atoms with Crippen LogP contribution in [0.15, 0.2) is 17.6 Å². The van der Waals surface area contributed by atoms with Gasteiger partial charge in [-0.05, 0) is 26.9 Å². The Morgan fingerprint density at radius 1 is 1.37 bits per heavy atom. The SMILES string of the molecule is C=CCNC(=NCCCN(C)CC(F)(F)F)NCC. The van der Waals surface area contributed by atoms with Gasteiger partial charge in [0.05, 0.1) is 6.54 Å². The average molecular weight is 280 g/mol. The van der Waals surface area contributed by atoms with E-state index in [0.29, 0.717) is 32.0 Å². The fourth-order valence-corrected chi connectivity index (χ4v) is 1.43. The van der Waals surface area contributed by atoms with E-state index in [4.69, 9.17) is 0 Å². The summed E-state index contributed by atoms with van der Waals surface area (Å²) >= 11 is 0. The second-order valence-corrected chi connectivity index (χ2v) is 4.14. The fraction of sp³-hybridized carbons (Fsp3) is 0.750. The summed E-state index contributed by atoms with van der Waals surface area (Å²) in [6.07, 6.45) is -1.85. The summed E-state index contributed by atoms with van der Waals surface area (Å²) in [6.45, 7) is 6.83. The highest BCUT2D eigenvalue weighted by molar-refractivity contribution is 5.79. The Labute approximate surface area is 112 Å². The Balaban J connectivity index is 3.92. The lowest BCUT2D eigenvalue weighted by molar-refractivity contribution is -0.143. The van der Waals surface area contributed by atoms with Crippen molar-refractivity contribution >= 4 is 5.96 Å². The van der Waals surface area contributed by atoms with Gasteiger partial charge < -0.3 is 10.6 Å². The number of alkyl halides is 3. The first-order valence-electron chi connectivity index (χ1n) is 6.27. The van der Waals surface area contributed by atoms with Crippen LogP contribution in [0.4, 0.5) is 13.2 Å². The fourth-order valence-electron chi connectivity index (χ4n) is 1.43. The number of nitrogens with zero attached hydrogens (tertiary/aromatic N) is 2. The van der Waals surface area contributed by atoms with Crippen LogP contribution in [0, 0.1) is 0 Å². The van der Waals surface area contributed by atoms with E-state index >= 15 is 0 Å². The van der Waals surface area contributed by atoms with E-state index in [1.165, 1.54) is 11.9 Å². The maximum atomic E-state index is 12.1. The normalized spacial score (nSPS) is 12.6. The Morgan fingerprint density at radius 2 is 2.05 bits per heavy atom. The molecule has 0 unspecified atom stereocenters. The molecule has 0 aromatic heterocycles. The van der Waals surface area contributed by atoms with Crippen molar-refractivity contribution in [3.63, 3.8) is 0 Å². The number of nitrogens with one attached hydrogen (secondary N) is 2. The van der Waals surface area contributed by atoms with Gasteiger partial charge in [-0.2, -0.15) is 13.2 Å². The summed E-state index contributed by atoms with van der Waals surface area (Å²) in [5.74, 6) is 0.654. The van der Waals surface area contributed by atoms with E-state index in [-0.39, 0.29) is 0 Å². The minimum absolute atomic E-state index is 0.365. The topological polar surface area (TPSA) is 39.7 Å². The molecule has 112 valence electrons. The van der Waals surface area contributed by atoms with E-state index in [1.54, 1.807) is 6.08 Å². The van der Waals surface area contributed by atoms with Crippen LogP contribution in [0.2, 0.25) is 0 Å². The Morgan fingerprint density at radius 3 is 2.58 bits per heavy atom. The Kier molecular flexibility index (Phi) is 9.03. The lowest BCUT2D eigenvalue weighted by Crippen LogP contribution is -2.37. The minimum atomic E-state index is -4.14. The maximum Gasteiger partial charge on any atom is 0.401 e. The maximum absolute atomic E-state index is 12.1. The van der Waals surface area contributed by atoms with E-state index in [9.17, 15) is 13.2 Å². The first-order chi connectivity index (χ1) is 8.89. The van der Waals surface area contributed by atoms with Gasteiger partial charge in [0.25, 0.3) is 0 Å². The second-order valence-electron chi connectivity index (χ2n) is 4.14. The average Bonchev–Trinajstić information content (AvgIpc) is 2.29. The summed E-state index contributed by atoms with van der Waals surface area (Å²) in [5, 5.41) is 6.07. The molecule has 0 aliphatic heterocycles. The highest BCUT2D eigenvalue weighted by atomic mass is 19.4. The molecule has 7 heteroatoms. The first kappa shape index (κ1) is 17.8. The largest absolute Gasteiger partial charge is 0.401 e. The summed E-state index contributed by atoms with van der Waals surface area (Å²) in [6, 6.07) is 0. The van der Waals surface area contributed by atoms with Crippen LogP contribution < -0.4 is 10.6 Å². The molecule has 0 aliphatic rings. The number of aliphatic imine (C=N–C) groups is 1. The highest BCUT2D eigenvalue weighted by Gasteiger charge is 2.28. The number of rotatable bonds is 8. The first-order valence-corrected chi connectivity index (χ1v) is 6.27. The lowest BCUT2D eigenvalue weighted by atomic mass is 10.4. The predicted molar refractivity (Wildman–Crippen MR) is 72.3 cm³/mol. The molecule has 0 bridgehead atoms. The van der Waals surface area contributed by atoms with Gasteiger partial charge in [0.1, 0.15) is 0 Å². The van der Waals surface area contributed by atoms with Crippen LogP contribution in [0.3, 0.4) is 0 Å². The van der Waals surface area contributed by atoms with E-state index in [0.717, 1.165) is 6.54 Å². The van der Waals surface area contributed by atoms with Crippen molar-refractivity contribution in [3.8, 4) is 0 Å². The Hall–Kier alpha value is -1.24. The van der Waals surface area contributed by atoms with E-state index < -0.39 is 12.7 Å². The van der Waals surface area contributed by atoms with Crippen molar-refractivity contribution in [1.29, 1.82) is 0 Å². The molecule has 0 aliphatic carbocycles. The molecule has 0 amide bonds. The van der Waals surface area contributed by atoms with Gasteiger partial charge in [-0.15, -0.1) is 6.58 Å². The lowest BCUT2D eigenvalue weighted by Gasteiger charge is -2.17. The zero-order valence-electron chi connectivity index (χ0n) is 11.6. The molecular formula is C12H23F3N4. The molecule has 0 saturated carbocycles. The number of hydrogen-bond acceptors (Lipinski definition) is 2. The summed E-state index contributed by atoms with van der Waals surface area (Å²) in [7, 11) is 1.46. The standard InChI is InChI=1S/C12H23F3N4/c1-4-7-17-11(16-5-2)18-8-6-9-19(3)10-12(13,14)15/h4H,1,5-10H2,2-3H3,(H2,16,17,18). The number of guanidine groups is 1. The van der Waals surface area contributed by atoms with Crippen molar-refractivity contribution in [2.24, 2.45) is 4.99 Å². The zero-order chi connectivity index (χ0) is 14.7. The Bertz CT molecular complexity index is 277. The quantitative estimate of drug-likeness (QED) is 0.307. The van der Waals surface area contributed by atoms with Gasteiger partial charge in [0.2, 0.25) is 0 Å². The molecular weight excluding hydrogens is 257 g/mol. The van der Waals surface area contributed by atoms with Crippen molar-refractivity contribution in [1.82, 2.24) is 15.5 Å². The summed E-state index contributed by atoms with van der Waals surface area (Å²) in [4.78, 5) is 5.51. The van der Waals surface area contributed by atoms with E-state index in [2.05, 4.69) is 22.2 Å². The van der Waals surface area contributed by atoms with Crippen LogP contribution in [0.1, 0.15) is 13.3 Å². The van der Waals surface area contributed by atoms with Gasteiger partial charge in [0, 0.05) is 19.6 Å². The molecule has 19 heavy (non-hydrogen) atoms. The number of hydrogen-bond donors (Lipinski definition) is 2. The molecule has 0 radical (unpaired) electrons. The third-order valence-electron chi connectivity index (χ3n) is 2.18. The zero-order valence-corrected chi connectivity index (χ0v) is 11.6. The third-order valence-corrected chi connectivity index (χ3v) is 2.18. The second kappa shape index (κ2) is 9.66. The number of halogens is 3. The molecule has 0 rings (SSSR count). The third kappa shape index (κ3) is 11.6. The van der Waals surface area contributed by atoms with Crippen LogP contribution in [-0.4, -0.2) is 56.8 Å². The van der Waals surface area contributed by atoms with Gasteiger partial charge in [0.15, 0.2) is 5.96 Å². The molecule has 2 N–H and O–H groups in total. The van der Waals surface area contributed by atoms with Gasteiger partial charge in [-0.3, -0.25) is 9.89 Å². The van der Waals surface area contributed by atoms with Crippen LogP contribution in [0.25, 0.3) is 0 Å². The monoisotopic (exact) mass is 280 g/mol. The molecule has 0 heterocycles. The molecule has 0 atom stereocenters. The van der Waals surface area contributed by atoms with Crippen molar-refractivity contribution in [2.75, 3.05) is 39.8 Å². The summed E-state index contributed by atoms with van der Waals surface area (Å²) in [5.41, 5.74) is 0. The van der Waals surface area contributed by atoms with Crippen LogP contribution >= 0.6 is 0 Å². The minimum Gasteiger partial charge on any atom is -0.357 e. The van der Waals surface area contributed by atoms with Gasteiger partial charge >= 0.3 is 6.18 Å². The van der Waals surface area contributed by atoms with Crippen molar-refractivity contribution in [3.05, 3.63) is 12.7 Å². The molecule has 4 nitrogen and oxygen atoms in total. The van der Waals surface area contributed by atoms with Crippen molar-refractivity contribution < 1.29 is 13.2 Å². The molecule has 0 fully saturated rings. The van der Waals surface area contributed by atoms with E-state index in [1.807, 2.05) is 6.92 Å². The highest BCUT2D eigenvalue weighted by Crippen LogP contribution is 2.15. The van der Waals surface area contributed by atoms with Crippen LogP contribution in [0.5, 0.6) is 0 Å². The smallest absolute Gasteiger partial charge is 0.357 e. The molecule has 0 aromatic carbocycles. The van der Waals surface area contributed by atoms with Crippen LogP contribution in [-0.2, 0) is 0 Å². The molecule has 0 aromatic rings.